The summed E-state index contributed by atoms with van der Waals surface area (Å²) >= 11 is 1.78. The van der Waals surface area contributed by atoms with Crippen LogP contribution in [0.1, 0.15) is 16.5 Å². The van der Waals surface area contributed by atoms with E-state index in [4.69, 9.17) is 4.74 Å². The molecular formula is C19H28N4OS. The van der Waals surface area contributed by atoms with Gasteiger partial charge in [0.05, 0.1) is 13.2 Å². The number of aliphatic imine (C=N–C) groups is 1. The number of guanidine groups is 1. The lowest BCUT2D eigenvalue weighted by molar-refractivity contribution is 0.302. The molecular weight excluding hydrogens is 332 g/mol. The molecule has 1 aromatic heterocycles. The number of methoxy groups -OCH3 is 1. The summed E-state index contributed by atoms with van der Waals surface area (Å²) in [7, 11) is 7.69. The number of hydrogen-bond donors (Lipinski definition) is 2. The maximum Gasteiger partial charge on any atom is 0.191 e. The molecule has 2 aromatic rings. The topological polar surface area (TPSA) is 48.9 Å². The zero-order valence-corrected chi connectivity index (χ0v) is 16.3. The third-order valence-electron chi connectivity index (χ3n) is 4.05. The molecule has 0 fully saturated rings. The summed E-state index contributed by atoms with van der Waals surface area (Å²) in [5.41, 5.74) is 1.27. The van der Waals surface area contributed by atoms with Crippen molar-refractivity contribution in [3.8, 4) is 5.75 Å². The molecule has 1 heterocycles. The van der Waals surface area contributed by atoms with Gasteiger partial charge in [-0.1, -0.05) is 18.2 Å². The van der Waals surface area contributed by atoms with Crippen molar-refractivity contribution in [1.82, 2.24) is 15.5 Å². The minimum Gasteiger partial charge on any atom is -0.497 e. The Morgan fingerprint density at radius 1 is 1.20 bits per heavy atom. The van der Waals surface area contributed by atoms with Gasteiger partial charge in [0.2, 0.25) is 0 Å². The molecule has 0 spiro atoms. The molecule has 2 N–H and O–H groups in total. The number of likely N-dealkylation sites (N-methyl/N-ethyl adjacent to an activating group) is 1. The second-order valence-electron chi connectivity index (χ2n) is 5.97. The van der Waals surface area contributed by atoms with E-state index in [-0.39, 0.29) is 0 Å². The summed E-state index contributed by atoms with van der Waals surface area (Å²) in [4.78, 5) is 7.90. The van der Waals surface area contributed by atoms with Crippen molar-refractivity contribution >= 4 is 17.3 Å². The smallest absolute Gasteiger partial charge is 0.191 e. The highest BCUT2D eigenvalue weighted by atomic mass is 32.1. The van der Waals surface area contributed by atoms with Crippen molar-refractivity contribution in [2.24, 2.45) is 4.99 Å². The highest BCUT2D eigenvalue weighted by Gasteiger charge is 2.15. The summed E-state index contributed by atoms with van der Waals surface area (Å²) in [6.07, 6.45) is 0.937. The average Bonchev–Trinajstić information content (AvgIpc) is 3.15. The van der Waals surface area contributed by atoms with Crippen LogP contribution in [0.3, 0.4) is 0 Å². The Morgan fingerprint density at radius 2 is 1.96 bits per heavy atom. The molecule has 0 saturated carbocycles. The minimum absolute atomic E-state index is 0.333. The molecule has 5 nitrogen and oxygen atoms in total. The number of nitrogens with one attached hydrogen (secondary N) is 2. The van der Waals surface area contributed by atoms with Gasteiger partial charge in [0.25, 0.3) is 0 Å². The number of rotatable bonds is 8. The van der Waals surface area contributed by atoms with Gasteiger partial charge in [-0.3, -0.25) is 4.99 Å². The zero-order valence-electron chi connectivity index (χ0n) is 15.5. The van der Waals surface area contributed by atoms with Gasteiger partial charge in [-0.25, -0.2) is 0 Å². The second-order valence-corrected chi connectivity index (χ2v) is 6.95. The van der Waals surface area contributed by atoms with Crippen LogP contribution in [0.2, 0.25) is 0 Å². The Morgan fingerprint density at radius 3 is 2.52 bits per heavy atom. The van der Waals surface area contributed by atoms with Gasteiger partial charge in [-0.2, -0.15) is 0 Å². The number of thiophene rings is 1. The van der Waals surface area contributed by atoms with Gasteiger partial charge in [-0.05, 0) is 49.7 Å². The van der Waals surface area contributed by atoms with Crippen LogP contribution in [-0.2, 0) is 6.42 Å². The fraction of sp³-hybridized carbons (Fsp3) is 0.421. The minimum atomic E-state index is 0.333. The fourth-order valence-electron chi connectivity index (χ4n) is 2.55. The molecule has 0 aliphatic rings. The van der Waals surface area contributed by atoms with Crippen molar-refractivity contribution < 1.29 is 4.74 Å². The molecule has 136 valence electrons. The summed E-state index contributed by atoms with van der Waals surface area (Å²) in [6.45, 7) is 1.65. The Bertz CT molecular complexity index is 638. The van der Waals surface area contributed by atoms with E-state index in [0.717, 1.165) is 31.2 Å². The Kier molecular flexibility index (Phi) is 7.76. The lowest BCUT2D eigenvalue weighted by Crippen LogP contribution is -2.42. The summed E-state index contributed by atoms with van der Waals surface area (Å²) in [5.74, 6) is 1.72. The van der Waals surface area contributed by atoms with Gasteiger partial charge in [-0.15, -0.1) is 11.3 Å². The molecule has 1 unspecified atom stereocenters. The average molecular weight is 361 g/mol. The first-order valence-electron chi connectivity index (χ1n) is 8.41. The van der Waals surface area contributed by atoms with Gasteiger partial charge in [0.15, 0.2) is 5.96 Å². The number of hydrogen-bond acceptors (Lipinski definition) is 4. The SMILES string of the molecule is CN=C(NCCc1ccc(OC)cc1)NCC(c1cccs1)N(C)C. The van der Waals surface area contributed by atoms with E-state index >= 15 is 0 Å². The van der Waals surface area contributed by atoms with E-state index in [2.05, 4.69) is 64.3 Å². The first-order valence-corrected chi connectivity index (χ1v) is 9.29. The molecule has 6 heteroatoms. The van der Waals surface area contributed by atoms with Crippen LogP contribution in [0.25, 0.3) is 0 Å². The molecule has 0 saturated heterocycles. The van der Waals surface area contributed by atoms with E-state index in [9.17, 15) is 0 Å². The molecule has 0 radical (unpaired) electrons. The standard InChI is InChI=1S/C19H28N4OS/c1-20-19(21-12-11-15-7-9-16(24-4)10-8-15)22-14-17(23(2)3)18-6-5-13-25-18/h5-10,13,17H,11-12,14H2,1-4H3,(H2,20,21,22). The normalized spacial score (nSPS) is 12.9. The summed E-state index contributed by atoms with van der Waals surface area (Å²) < 4.78 is 5.19. The summed E-state index contributed by atoms with van der Waals surface area (Å²) in [5, 5.41) is 8.92. The second kappa shape index (κ2) is 10.1. The first kappa shape index (κ1) is 19.3. The lowest BCUT2D eigenvalue weighted by atomic mass is 10.1. The van der Waals surface area contributed by atoms with Gasteiger partial charge in [0.1, 0.15) is 5.75 Å². The third-order valence-corrected chi connectivity index (χ3v) is 5.02. The Balaban J connectivity index is 1.79. The zero-order chi connectivity index (χ0) is 18.1. The van der Waals surface area contributed by atoms with Gasteiger partial charge >= 0.3 is 0 Å². The van der Waals surface area contributed by atoms with Crippen LogP contribution in [0.5, 0.6) is 5.75 Å². The van der Waals surface area contributed by atoms with Crippen molar-refractivity contribution in [2.75, 3.05) is 41.3 Å². The van der Waals surface area contributed by atoms with E-state index in [0.29, 0.717) is 6.04 Å². The quantitative estimate of drug-likeness (QED) is 0.561. The van der Waals surface area contributed by atoms with E-state index in [1.54, 1.807) is 25.5 Å². The largest absolute Gasteiger partial charge is 0.497 e. The molecule has 0 bridgehead atoms. The first-order chi connectivity index (χ1) is 12.1. The van der Waals surface area contributed by atoms with Crippen LogP contribution >= 0.6 is 11.3 Å². The summed E-state index contributed by atoms with van der Waals surface area (Å²) in [6, 6.07) is 12.8. The van der Waals surface area contributed by atoms with Crippen molar-refractivity contribution in [1.29, 1.82) is 0 Å². The predicted octanol–water partition coefficient (Wildman–Crippen LogP) is 2.77. The molecule has 1 aromatic carbocycles. The fourth-order valence-corrected chi connectivity index (χ4v) is 3.47. The Hall–Kier alpha value is -2.05. The van der Waals surface area contributed by atoms with Crippen LogP contribution in [0.15, 0.2) is 46.8 Å². The van der Waals surface area contributed by atoms with Crippen LogP contribution in [-0.4, -0.2) is 52.2 Å². The van der Waals surface area contributed by atoms with Crippen molar-refractivity contribution in [3.05, 3.63) is 52.2 Å². The number of ether oxygens (including phenoxy) is 1. The van der Waals surface area contributed by atoms with Crippen LogP contribution in [0, 0.1) is 0 Å². The number of benzene rings is 1. The van der Waals surface area contributed by atoms with Gasteiger partial charge in [0, 0.05) is 25.0 Å². The molecule has 25 heavy (non-hydrogen) atoms. The van der Waals surface area contributed by atoms with E-state index in [1.165, 1.54) is 10.4 Å². The molecule has 2 rings (SSSR count). The lowest BCUT2D eigenvalue weighted by Gasteiger charge is -2.24. The van der Waals surface area contributed by atoms with Crippen molar-refractivity contribution in [2.45, 2.75) is 12.5 Å². The van der Waals surface area contributed by atoms with Gasteiger partial charge < -0.3 is 20.3 Å². The van der Waals surface area contributed by atoms with E-state index in [1.807, 2.05) is 12.1 Å². The maximum absolute atomic E-state index is 5.19. The van der Waals surface area contributed by atoms with E-state index < -0.39 is 0 Å². The molecule has 0 aliphatic heterocycles. The maximum atomic E-state index is 5.19. The third kappa shape index (κ3) is 6.07. The molecule has 1 atom stereocenters. The Labute approximate surface area is 154 Å². The number of nitrogens with zero attached hydrogens (tertiary/aromatic N) is 2. The molecule has 0 aliphatic carbocycles. The highest BCUT2D eigenvalue weighted by molar-refractivity contribution is 7.10. The van der Waals surface area contributed by atoms with Crippen LogP contribution in [0.4, 0.5) is 0 Å². The van der Waals surface area contributed by atoms with Crippen LogP contribution < -0.4 is 15.4 Å². The molecule has 0 amide bonds. The van der Waals surface area contributed by atoms with Crippen molar-refractivity contribution in [3.63, 3.8) is 0 Å². The monoisotopic (exact) mass is 360 g/mol. The highest BCUT2D eigenvalue weighted by Crippen LogP contribution is 2.22. The predicted molar refractivity (Wildman–Crippen MR) is 107 cm³/mol.